The molecule has 17 heavy (non-hydrogen) atoms. The summed E-state index contributed by atoms with van der Waals surface area (Å²) in [5.41, 5.74) is 2.46. The Kier molecular flexibility index (Phi) is 4.29. The lowest BCUT2D eigenvalue weighted by Crippen LogP contribution is -2.22. The molecule has 0 spiro atoms. The van der Waals surface area contributed by atoms with Gasteiger partial charge < -0.3 is 5.32 Å². The maximum atomic E-state index is 12.9. The maximum Gasteiger partial charge on any atom is 0.123 e. The van der Waals surface area contributed by atoms with E-state index in [4.69, 9.17) is 0 Å². The second-order valence-corrected chi connectivity index (χ2v) is 4.78. The van der Waals surface area contributed by atoms with E-state index in [-0.39, 0.29) is 11.9 Å². The molecule has 0 amide bonds. The molecule has 0 bridgehead atoms. The van der Waals surface area contributed by atoms with Crippen LogP contribution in [0.3, 0.4) is 0 Å². The van der Waals surface area contributed by atoms with Crippen LogP contribution < -0.4 is 5.32 Å². The van der Waals surface area contributed by atoms with Gasteiger partial charge in [0, 0.05) is 6.04 Å². The second-order valence-electron chi connectivity index (χ2n) is 4.00. The highest BCUT2D eigenvalue weighted by Crippen LogP contribution is 2.20. The SMILES string of the molecule is CCNC(Cc1ccsc1)c1ccc(F)cc1. The third kappa shape index (κ3) is 3.38. The number of hydrogen-bond acceptors (Lipinski definition) is 2. The maximum absolute atomic E-state index is 12.9. The molecule has 0 radical (unpaired) electrons. The fraction of sp³-hybridized carbons (Fsp3) is 0.286. The van der Waals surface area contributed by atoms with Gasteiger partial charge in [-0.2, -0.15) is 11.3 Å². The Morgan fingerprint density at radius 3 is 2.59 bits per heavy atom. The van der Waals surface area contributed by atoms with Gasteiger partial charge in [-0.15, -0.1) is 0 Å². The average molecular weight is 249 g/mol. The van der Waals surface area contributed by atoms with Gasteiger partial charge >= 0.3 is 0 Å². The normalized spacial score (nSPS) is 12.6. The van der Waals surface area contributed by atoms with E-state index in [1.165, 1.54) is 17.7 Å². The van der Waals surface area contributed by atoms with E-state index in [1.54, 1.807) is 11.3 Å². The van der Waals surface area contributed by atoms with Crippen LogP contribution in [0.4, 0.5) is 4.39 Å². The zero-order valence-corrected chi connectivity index (χ0v) is 10.6. The summed E-state index contributed by atoms with van der Waals surface area (Å²) in [5.74, 6) is -0.181. The molecule has 1 atom stereocenters. The quantitative estimate of drug-likeness (QED) is 0.850. The first-order valence-corrected chi connectivity index (χ1v) is 6.74. The molecule has 0 fully saturated rings. The molecular weight excluding hydrogens is 233 g/mol. The van der Waals surface area contributed by atoms with Gasteiger partial charge in [0.1, 0.15) is 5.82 Å². The molecule has 1 aromatic heterocycles. The molecule has 2 aromatic rings. The first kappa shape index (κ1) is 12.3. The molecule has 0 aliphatic rings. The summed E-state index contributed by atoms with van der Waals surface area (Å²) in [6, 6.07) is 9.15. The molecule has 90 valence electrons. The third-order valence-corrected chi connectivity index (χ3v) is 3.47. The Balaban J connectivity index is 2.13. The summed E-state index contributed by atoms with van der Waals surface area (Å²) in [7, 11) is 0. The molecule has 0 aliphatic carbocycles. The first-order valence-electron chi connectivity index (χ1n) is 5.79. The van der Waals surface area contributed by atoms with Gasteiger partial charge in [-0.05, 0) is 53.1 Å². The van der Waals surface area contributed by atoms with Crippen molar-refractivity contribution in [1.29, 1.82) is 0 Å². The van der Waals surface area contributed by atoms with Gasteiger partial charge in [-0.1, -0.05) is 19.1 Å². The molecule has 1 unspecified atom stereocenters. The number of thiophene rings is 1. The smallest absolute Gasteiger partial charge is 0.123 e. The Bertz CT molecular complexity index is 436. The lowest BCUT2D eigenvalue weighted by atomic mass is 10.0. The molecule has 0 aliphatic heterocycles. The molecule has 1 nitrogen and oxygen atoms in total. The van der Waals surface area contributed by atoms with Gasteiger partial charge in [0.2, 0.25) is 0 Å². The number of benzene rings is 1. The molecule has 0 saturated carbocycles. The Labute approximate surface area is 105 Å². The van der Waals surface area contributed by atoms with E-state index < -0.39 is 0 Å². The molecule has 1 aromatic carbocycles. The topological polar surface area (TPSA) is 12.0 Å². The zero-order valence-electron chi connectivity index (χ0n) is 9.82. The second kappa shape index (κ2) is 5.94. The van der Waals surface area contributed by atoms with Crippen LogP contribution in [-0.4, -0.2) is 6.54 Å². The van der Waals surface area contributed by atoms with E-state index in [1.807, 2.05) is 12.1 Å². The summed E-state index contributed by atoms with van der Waals surface area (Å²) < 4.78 is 12.9. The summed E-state index contributed by atoms with van der Waals surface area (Å²) in [6.07, 6.45) is 0.947. The molecule has 1 N–H and O–H groups in total. The van der Waals surface area contributed by atoms with Crippen LogP contribution in [0.15, 0.2) is 41.1 Å². The highest BCUT2D eigenvalue weighted by molar-refractivity contribution is 7.07. The molecule has 1 heterocycles. The highest BCUT2D eigenvalue weighted by Gasteiger charge is 2.11. The van der Waals surface area contributed by atoms with Crippen molar-refractivity contribution in [3.05, 3.63) is 58.0 Å². The predicted octanol–water partition coefficient (Wildman–Crippen LogP) is 3.78. The summed E-state index contributed by atoms with van der Waals surface area (Å²) in [4.78, 5) is 0. The molecule has 0 saturated heterocycles. The Morgan fingerprint density at radius 2 is 2.00 bits per heavy atom. The summed E-state index contributed by atoms with van der Waals surface area (Å²) >= 11 is 1.71. The van der Waals surface area contributed by atoms with Crippen molar-refractivity contribution in [2.24, 2.45) is 0 Å². The van der Waals surface area contributed by atoms with Crippen molar-refractivity contribution in [2.75, 3.05) is 6.54 Å². The Hall–Kier alpha value is -1.19. The van der Waals surface area contributed by atoms with E-state index in [2.05, 4.69) is 29.1 Å². The molecule has 2 rings (SSSR count). The third-order valence-electron chi connectivity index (χ3n) is 2.74. The van der Waals surface area contributed by atoms with Crippen molar-refractivity contribution in [3.63, 3.8) is 0 Å². The van der Waals surface area contributed by atoms with Crippen LogP contribution in [0, 0.1) is 5.82 Å². The Morgan fingerprint density at radius 1 is 1.24 bits per heavy atom. The summed E-state index contributed by atoms with van der Waals surface area (Å²) in [5, 5.41) is 7.69. The first-order chi connectivity index (χ1) is 8.29. The van der Waals surface area contributed by atoms with Gasteiger partial charge in [0.25, 0.3) is 0 Å². The van der Waals surface area contributed by atoms with Crippen molar-refractivity contribution in [3.8, 4) is 0 Å². The van der Waals surface area contributed by atoms with Crippen molar-refractivity contribution >= 4 is 11.3 Å². The average Bonchev–Trinajstić information content (AvgIpc) is 2.82. The highest BCUT2D eigenvalue weighted by atomic mass is 32.1. The standard InChI is InChI=1S/C14H16FNS/c1-2-16-14(9-11-7-8-17-10-11)12-3-5-13(15)6-4-12/h3-8,10,14,16H,2,9H2,1H3. The predicted molar refractivity (Wildman–Crippen MR) is 70.8 cm³/mol. The van der Waals surface area contributed by atoms with Crippen molar-refractivity contribution in [2.45, 2.75) is 19.4 Å². The van der Waals surface area contributed by atoms with Gasteiger partial charge in [0.15, 0.2) is 0 Å². The summed E-state index contributed by atoms with van der Waals surface area (Å²) in [6.45, 7) is 3.00. The number of rotatable bonds is 5. The monoisotopic (exact) mass is 249 g/mol. The minimum Gasteiger partial charge on any atom is -0.310 e. The molecule has 3 heteroatoms. The van der Waals surface area contributed by atoms with Crippen LogP contribution in [0.1, 0.15) is 24.1 Å². The van der Waals surface area contributed by atoms with Crippen LogP contribution in [-0.2, 0) is 6.42 Å². The molecular formula is C14H16FNS. The van der Waals surface area contributed by atoms with Gasteiger partial charge in [-0.25, -0.2) is 4.39 Å². The lowest BCUT2D eigenvalue weighted by Gasteiger charge is -2.17. The van der Waals surface area contributed by atoms with Gasteiger partial charge in [0.05, 0.1) is 0 Å². The van der Waals surface area contributed by atoms with E-state index in [0.717, 1.165) is 18.5 Å². The van der Waals surface area contributed by atoms with Crippen LogP contribution in [0.5, 0.6) is 0 Å². The number of halogens is 1. The number of likely N-dealkylation sites (N-methyl/N-ethyl adjacent to an activating group) is 1. The fourth-order valence-electron chi connectivity index (χ4n) is 1.89. The van der Waals surface area contributed by atoms with E-state index in [0.29, 0.717) is 0 Å². The van der Waals surface area contributed by atoms with Crippen LogP contribution >= 0.6 is 11.3 Å². The lowest BCUT2D eigenvalue weighted by molar-refractivity contribution is 0.548. The van der Waals surface area contributed by atoms with E-state index in [9.17, 15) is 4.39 Å². The number of hydrogen-bond donors (Lipinski definition) is 1. The minimum atomic E-state index is -0.181. The van der Waals surface area contributed by atoms with Crippen molar-refractivity contribution in [1.82, 2.24) is 5.32 Å². The van der Waals surface area contributed by atoms with E-state index >= 15 is 0 Å². The van der Waals surface area contributed by atoms with Crippen LogP contribution in [0.25, 0.3) is 0 Å². The zero-order chi connectivity index (χ0) is 12.1. The largest absolute Gasteiger partial charge is 0.310 e. The van der Waals surface area contributed by atoms with Crippen LogP contribution in [0.2, 0.25) is 0 Å². The fourth-order valence-corrected chi connectivity index (χ4v) is 2.58. The van der Waals surface area contributed by atoms with Crippen molar-refractivity contribution < 1.29 is 4.39 Å². The number of nitrogens with one attached hydrogen (secondary N) is 1. The minimum absolute atomic E-state index is 0.181. The van der Waals surface area contributed by atoms with Gasteiger partial charge in [-0.3, -0.25) is 0 Å².